The number of rotatable bonds is 4. The molecular formula is C16H12Cl2N4S. The van der Waals surface area contributed by atoms with E-state index in [1.54, 1.807) is 12.1 Å². The number of halogens is 2. The van der Waals surface area contributed by atoms with Gasteiger partial charge in [0, 0.05) is 20.6 Å². The standard InChI is InChI=1S/C16H12Cl2N4S/c17-10-1-5-12(6-2-10)22-15-14(19)16(21-9-20-15)23-13-7-3-11(18)4-8-13/h1-9H,19H2,(H,20,21,22). The molecule has 0 aliphatic rings. The number of nitrogen functional groups attached to an aromatic ring is 1. The van der Waals surface area contributed by atoms with Crippen LogP contribution in [0.2, 0.25) is 10.0 Å². The fourth-order valence-electron chi connectivity index (χ4n) is 1.84. The van der Waals surface area contributed by atoms with Crippen molar-refractivity contribution in [2.75, 3.05) is 11.1 Å². The van der Waals surface area contributed by atoms with Crippen molar-refractivity contribution < 1.29 is 0 Å². The number of hydrogen-bond donors (Lipinski definition) is 2. The molecule has 116 valence electrons. The van der Waals surface area contributed by atoms with Crippen molar-refractivity contribution >= 4 is 52.2 Å². The topological polar surface area (TPSA) is 63.8 Å². The Kier molecular flexibility index (Phi) is 4.91. The Morgan fingerprint density at radius 3 is 2.13 bits per heavy atom. The molecule has 0 aliphatic carbocycles. The van der Waals surface area contributed by atoms with Gasteiger partial charge in [-0.25, -0.2) is 9.97 Å². The largest absolute Gasteiger partial charge is 0.394 e. The van der Waals surface area contributed by atoms with Crippen LogP contribution >= 0.6 is 35.0 Å². The highest BCUT2D eigenvalue weighted by molar-refractivity contribution is 7.99. The number of anilines is 3. The molecule has 0 fully saturated rings. The van der Waals surface area contributed by atoms with Crippen LogP contribution in [0.25, 0.3) is 0 Å². The second-order valence-corrected chi connectivity index (χ2v) is 6.56. The minimum atomic E-state index is 0.488. The van der Waals surface area contributed by atoms with Crippen molar-refractivity contribution in [3.05, 3.63) is 64.9 Å². The Morgan fingerprint density at radius 1 is 0.870 bits per heavy atom. The third-order valence-corrected chi connectivity index (χ3v) is 4.51. The van der Waals surface area contributed by atoms with Gasteiger partial charge in [0.05, 0.1) is 0 Å². The van der Waals surface area contributed by atoms with Crippen LogP contribution in [0.4, 0.5) is 17.2 Å². The quantitative estimate of drug-likeness (QED) is 0.619. The predicted octanol–water partition coefficient (Wildman–Crippen LogP) is 5.26. The van der Waals surface area contributed by atoms with Gasteiger partial charge in [-0.2, -0.15) is 0 Å². The van der Waals surface area contributed by atoms with Gasteiger partial charge in [-0.3, -0.25) is 0 Å². The van der Waals surface area contributed by atoms with E-state index in [0.717, 1.165) is 10.6 Å². The fraction of sp³-hybridized carbons (Fsp3) is 0. The molecule has 1 heterocycles. The van der Waals surface area contributed by atoms with Crippen molar-refractivity contribution in [2.45, 2.75) is 9.92 Å². The zero-order valence-electron chi connectivity index (χ0n) is 11.8. The van der Waals surface area contributed by atoms with E-state index in [4.69, 9.17) is 28.9 Å². The summed E-state index contributed by atoms with van der Waals surface area (Å²) < 4.78 is 0. The van der Waals surface area contributed by atoms with Crippen molar-refractivity contribution in [1.82, 2.24) is 9.97 Å². The molecule has 4 nitrogen and oxygen atoms in total. The van der Waals surface area contributed by atoms with Crippen LogP contribution in [0.5, 0.6) is 0 Å². The van der Waals surface area contributed by atoms with Gasteiger partial charge in [0.15, 0.2) is 5.82 Å². The average molecular weight is 363 g/mol. The smallest absolute Gasteiger partial charge is 0.158 e. The Labute approximate surface area is 148 Å². The van der Waals surface area contributed by atoms with E-state index < -0.39 is 0 Å². The lowest BCUT2D eigenvalue weighted by Gasteiger charge is -2.11. The summed E-state index contributed by atoms with van der Waals surface area (Å²) in [5, 5.41) is 5.21. The third-order valence-electron chi connectivity index (χ3n) is 2.98. The van der Waals surface area contributed by atoms with E-state index in [1.807, 2.05) is 36.4 Å². The van der Waals surface area contributed by atoms with E-state index in [-0.39, 0.29) is 0 Å². The van der Waals surface area contributed by atoms with Crippen molar-refractivity contribution in [3.8, 4) is 0 Å². The molecule has 1 aromatic heterocycles. The Hall–Kier alpha value is -1.95. The normalized spacial score (nSPS) is 10.5. The molecule has 0 bridgehead atoms. The maximum absolute atomic E-state index is 6.18. The van der Waals surface area contributed by atoms with Crippen LogP contribution < -0.4 is 11.1 Å². The summed E-state index contributed by atoms with van der Waals surface area (Å²) in [6.07, 6.45) is 1.48. The molecule has 7 heteroatoms. The number of hydrogen-bond acceptors (Lipinski definition) is 5. The zero-order chi connectivity index (χ0) is 16.2. The van der Waals surface area contributed by atoms with Gasteiger partial charge in [-0.05, 0) is 48.5 Å². The van der Waals surface area contributed by atoms with Crippen LogP contribution in [0.1, 0.15) is 0 Å². The number of benzene rings is 2. The minimum Gasteiger partial charge on any atom is -0.394 e. The summed E-state index contributed by atoms with van der Waals surface area (Å²) in [7, 11) is 0. The number of aromatic nitrogens is 2. The van der Waals surface area contributed by atoms with Gasteiger partial charge in [0.25, 0.3) is 0 Å². The number of nitrogens with one attached hydrogen (secondary N) is 1. The molecule has 3 aromatic rings. The first-order chi connectivity index (χ1) is 11.1. The Morgan fingerprint density at radius 2 is 1.48 bits per heavy atom. The van der Waals surface area contributed by atoms with Gasteiger partial charge < -0.3 is 11.1 Å². The first-order valence-corrected chi connectivity index (χ1v) is 8.25. The van der Waals surface area contributed by atoms with Crippen LogP contribution in [0, 0.1) is 0 Å². The molecule has 0 amide bonds. The second-order valence-electron chi connectivity index (χ2n) is 4.63. The molecule has 0 saturated carbocycles. The van der Waals surface area contributed by atoms with Crippen LogP contribution in [-0.4, -0.2) is 9.97 Å². The monoisotopic (exact) mass is 362 g/mol. The molecule has 0 radical (unpaired) electrons. The van der Waals surface area contributed by atoms with Crippen molar-refractivity contribution in [1.29, 1.82) is 0 Å². The minimum absolute atomic E-state index is 0.488. The summed E-state index contributed by atoms with van der Waals surface area (Å²) in [5.74, 6) is 0.554. The molecule has 0 saturated heterocycles. The molecular weight excluding hydrogens is 351 g/mol. The van der Waals surface area contributed by atoms with Crippen molar-refractivity contribution in [2.24, 2.45) is 0 Å². The number of nitrogens with two attached hydrogens (primary N) is 1. The molecule has 0 atom stereocenters. The molecule has 0 spiro atoms. The van der Waals surface area contributed by atoms with E-state index in [0.29, 0.717) is 26.6 Å². The van der Waals surface area contributed by atoms with Gasteiger partial charge in [0.2, 0.25) is 0 Å². The predicted molar refractivity (Wildman–Crippen MR) is 96.8 cm³/mol. The van der Waals surface area contributed by atoms with E-state index in [1.165, 1.54) is 18.1 Å². The first-order valence-electron chi connectivity index (χ1n) is 6.68. The lowest BCUT2D eigenvalue weighted by atomic mass is 10.3. The van der Waals surface area contributed by atoms with Gasteiger partial charge >= 0.3 is 0 Å². The number of nitrogens with zero attached hydrogens (tertiary/aromatic N) is 2. The van der Waals surface area contributed by atoms with Crippen molar-refractivity contribution in [3.63, 3.8) is 0 Å². The maximum Gasteiger partial charge on any atom is 0.158 e. The highest BCUT2D eigenvalue weighted by Gasteiger charge is 2.10. The van der Waals surface area contributed by atoms with Crippen LogP contribution in [-0.2, 0) is 0 Å². The Balaban J connectivity index is 1.83. The molecule has 23 heavy (non-hydrogen) atoms. The summed E-state index contributed by atoms with van der Waals surface area (Å²) in [5.41, 5.74) is 7.52. The lowest BCUT2D eigenvalue weighted by Crippen LogP contribution is -2.02. The van der Waals surface area contributed by atoms with Gasteiger partial charge in [0.1, 0.15) is 17.0 Å². The zero-order valence-corrected chi connectivity index (χ0v) is 14.2. The summed E-state index contributed by atoms with van der Waals surface area (Å²) in [6.45, 7) is 0. The fourth-order valence-corrected chi connectivity index (χ4v) is 2.90. The molecule has 0 unspecified atom stereocenters. The molecule has 0 aliphatic heterocycles. The third kappa shape index (κ3) is 4.07. The van der Waals surface area contributed by atoms with Gasteiger partial charge in [-0.15, -0.1) is 0 Å². The summed E-state index contributed by atoms with van der Waals surface area (Å²) in [6, 6.07) is 14.8. The van der Waals surface area contributed by atoms with Gasteiger partial charge in [-0.1, -0.05) is 35.0 Å². The molecule has 3 N–H and O–H groups in total. The van der Waals surface area contributed by atoms with E-state index in [9.17, 15) is 0 Å². The van der Waals surface area contributed by atoms with Crippen LogP contribution in [0.3, 0.4) is 0 Å². The lowest BCUT2D eigenvalue weighted by molar-refractivity contribution is 1.06. The summed E-state index contributed by atoms with van der Waals surface area (Å²) in [4.78, 5) is 9.44. The highest BCUT2D eigenvalue weighted by Crippen LogP contribution is 2.34. The van der Waals surface area contributed by atoms with E-state index >= 15 is 0 Å². The summed E-state index contributed by atoms with van der Waals surface area (Å²) >= 11 is 13.2. The molecule has 3 rings (SSSR count). The van der Waals surface area contributed by atoms with Crippen LogP contribution in [0.15, 0.2) is 64.8 Å². The first kappa shape index (κ1) is 15.9. The maximum atomic E-state index is 6.18. The second kappa shape index (κ2) is 7.08. The average Bonchev–Trinajstić information content (AvgIpc) is 2.55. The molecule has 2 aromatic carbocycles. The van der Waals surface area contributed by atoms with E-state index in [2.05, 4.69) is 15.3 Å². The highest BCUT2D eigenvalue weighted by atomic mass is 35.5. The SMILES string of the molecule is Nc1c(Nc2ccc(Cl)cc2)ncnc1Sc1ccc(Cl)cc1. The Bertz CT molecular complexity index is 742.